The number of hydrogen-bond acceptors (Lipinski definition) is 1. The average Bonchev–Trinajstić information content (AvgIpc) is 2.40. The van der Waals surface area contributed by atoms with Crippen LogP contribution in [0.1, 0.15) is 5.56 Å². The molecular weight excluding hydrogens is 269 g/mol. The van der Waals surface area contributed by atoms with Crippen molar-refractivity contribution in [3.05, 3.63) is 60.2 Å². The minimum atomic E-state index is -2.66. The Morgan fingerprint density at radius 2 is 1.35 bits per heavy atom. The van der Waals surface area contributed by atoms with Crippen LogP contribution in [0.15, 0.2) is 54.6 Å². The molecular formula is C13H9Cl2NSi. The van der Waals surface area contributed by atoms with Gasteiger partial charge in [-0.2, -0.15) is 5.26 Å². The first-order valence-corrected chi connectivity index (χ1v) is 9.11. The van der Waals surface area contributed by atoms with Crippen molar-refractivity contribution in [1.29, 1.82) is 5.26 Å². The van der Waals surface area contributed by atoms with Crippen molar-refractivity contribution in [3.8, 4) is 6.07 Å². The van der Waals surface area contributed by atoms with E-state index in [4.69, 9.17) is 27.4 Å². The fourth-order valence-corrected chi connectivity index (χ4v) is 4.61. The van der Waals surface area contributed by atoms with Gasteiger partial charge in [-0.25, -0.2) is 0 Å². The lowest BCUT2D eigenvalue weighted by atomic mass is 10.2. The fourth-order valence-electron chi connectivity index (χ4n) is 1.57. The Morgan fingerprint density at radius 1 is 0.824 bits per heavy atom. The molecule has 0 spiro atoms. The molecule has 0 fully saturated rings. The standard InChI is InChI=1S/C13H9Cl2NSi/c14-17(15,12-4-2-1-3-5-12)13-8-6-11(10-16)7-9-13/h1-9H. The molecule has 2 rings (SSSR count). The average molecular weight is 278 g/mol. The van der Waals surface area contributed by atoms with E-state index in [1.165, 1.54) is 0 Å². The van der Waals surface area contributed by atoms with E-state index >= 15 is 0 Å². The molecule has 0 unspecified atom stereocenters. The van der Waals surface area contributed by atoms with Crippen molar-refractivity contribution in [2.75, 3.05) is 0 Å². The Balaban J connectivity index is 2.41. The molecule has 0 aliphatic rings. The van der Waals surface area contributed by atoms with Gasteiger partial charge in [0.15, 0.2) is 0 Å². The molecule has 0 bridgehead atoms. The predicted molar refractivity (Wildman–Crippen MR) is 74.3 cm³/mol. The highest BCUT2D eigenvalue weighted by atomic mass is 35.7. The summed E-state index contributed by atoms with van der Waals surface area (Å²) in [7, 11) is 0. The Bertz CT molecular complexity index is 544. The van der Waals surface area contributed by atoms with Crippen LogP contribution in [0.2, 0.25) is 0 Å². The van der Waals surface area contributed by atoms with Gasteiger partial charge < -0.3 is 0 Å². The van der Waals surface area contributed by atoms with E-state index in [1.54, 1.807) is 12.1 Å². The smallest absolute Gasteiger partial charge is 0.192 e. The van der Waals surface area contributed by atoms with Gasteiger partial charge in [0.2, 0.25) is 0 Å². The summed E-state index contributed by atoms with van der Waals surface area (Å²) in [5.74, 6) is 0. The maximum atomic E-state index is 8.74. The number of hydrogen-bond donors (Lipinski definition) is 0. The summed E-state index contributed by atoms with van der Waals surface area (Å²) in [5.41, 5.74) is 0.611. The number of benzene rings is 2. The Kier molecular flexibility index (Phi) is 3.53. The van der Waals surface area contributed by atoms with Gasteiger partial charge in [-0.15, -0.1) is 22.2 Å². The molecule has 2 aromatic rings. The van der Waals surface area contributed by atoms with Crippen LogP contribution in [0.25, 0.3) is 0 Å². The van der Waals surface area contributed by atoms with E-state index < -0.39 is 6.69 Å². The first-order chi connectivity index (χ1) is 8.14. The highest BCUT2D eigenvalue weighted by molar-refractivity contribution is 7.56. The lowest BCUT2D eigenvalue weighted by Crippen LogP contribution is -2.48. The molecule has 0 aromatic heterocycles. The summed E-state index contributed by atoms with van der Waals surface area (Å²) in [5, 5.41) is 10.6. The monoisotopic (exact) mass is 277 g/mol. The van der Waals surface area contributed by atoms with E-state index in [0.29, 0.717) is 5.56 Å². The highest BCUT2D eigenvalue weighted by Gasteiger charge is 2.33. The number of nitriles is 1. The summed E-state index contributed by atoms with van der Waals surface area (Å²) in [6, 6.07) is 18.9. The molecule has 0 amide bonds. The van der Waals surface area contributed by atoms with Gasteiger partial charge in [0.05, 0.1) is 11.6 Å². The first kappa shape index (κ1) is 12.2. The SMILES string of the molecule is N#Cc1ccc([Si](Cl)(Cl)c2ccccc2)cc1. The van der Waals surface area contributed by atoms with E-state index in [0.717, 1.165) is 10.4 Å². The van der Waals surface area contributed by atoms with Crippen LogP contribution in [0.5, 0.6) is 0 Å². The van der Waals surface area contributed by atoms with Gasteiger partial charge in [-0.1, -0.05) is 42.5 Å². The summed E-state index contributed by atoms with van der Waals surface area (Å²) in [4.78, 5) is 0. The summed E-state index contributed by atoms with van der Waals surface area (Å²) in [6.07, 6.45) is 0. The summed E-state index contributed by atoms with van der Waals surface area (Å²) in [6.45, 7) is -2.66. The summed E-state index contributed by atoms with van der Waals surface area (Å²) >= 11 is 13.0. The zero-order valence-electron chi connectivity index (χ0n) is 8.90. The minimum absolute atomic E-state index is 0.611. The van der Waals surface area contributed by atoms with Gasteiger partial charge in [-0.05, 0) is 22.5 Å². The predicted octanol–water partition coefficient (Wildman–Crippen LogP) is 2.59. The van der Waals surface area contributed by atoms with Gasteiger partial charge in [0, 0.05) is 0 Å². The third-order valence-electron chi connectivity index (χ3n) is 2.51. The van der Waals surface area contributed by atoms with Crippen molar-refractivity contribution >= 4 is 39.2 Å². The van der Waals surface area contributed by atoms with Crippen molar-refractivity contribution in [2.24, 2.45) is 0 Å². The van der Waals surface area contributed by atoms with E-state index in [1.807, 2.05) is 42.5 Å². The van der Waals surface area contributed by atoms with Crippen LogP contribution in [0.3, 0.4) is 0 Å². The molecule has 0 N–H and O–H groups in total. The zero-order valence-corrected chi connectivity index (χ0v) is 11.4. The lowest BCUT2D eigenvalue weighted by Gasteiger charge is -2.17. The molecule has 4 heteroatoms. The molecule has 0 radical (unpaired) electrons. The lowest BCUT2D eigenvalue weighted by molar-refractivity contribution is 1.49. The molecule has 0 saturated heterocycles. The van der Waals surface area contributed by atoms with E-state index in [-0.39, 0.29) is 0 Å². The Hall–Kier alpha value is -1.27. The van der Waals surface area contributed by atoms with Crippen LogP contribution >= 0.6 is 22.2 Å². The second kappa shape index (κ2) is 4.93. The maximum absolute atomic E-state index is 8.74. The molecule has 17 heavy (non-hydrogen) atoms. The molecule has 2 aromatic carbocycles. The third-order valence-corrected chi connectivity index (χ3v) is 7.25. The second-order valence-corrected chi connectivity index (χ2v) is 9.92. The highest BCUT2D eigenvalue weighted by Crippen LogP contribution is 2.15. The van der Waals surface area contributed by atoms with Crippen molar-refractivity contribution < 1.29 is 0 Å². The molecule has 0 aliphatic carbocycles. The van der Waals surface area contributed by atoms with Crippen molar-refractivity contribution in [3.63, 3.8) is 0 Å². The van der Waals surface area contributed by atoms with E-state index in [9.17, 15) is 0 Å². The van der Waals surface area contributed by atoms with Crippen LogP contribution in [0.4, 0.5) is 0 Å². The van der Waals surface area contributed by atoms with Crippen molar-refractivity contribution in [1.82, 2.24) is 0 Å². The normalized spacial score (nSPS) is 10.9. The van der Waals surface area contributed by atoms with Gasteiger partial charge in [0.25, 0.3) is 0 Å². The van der Waals surface area contributed by atoms with E-state index in [2.05, 4.69) is 6.07 Å². The Labute approximate surface area is 111 Å². The first-order valence-electron chi connectivity index (χ1n) is 5.08. The fraction of sp³-hybridized carbons (Fsp3) is 0. The molecule has 0 heterocycles. The van der Waals surface area contributed by atoms with Crippen LogP contribution in [0, 0.1) is 11.3 Å². The Morgan fingerprint density at radius 3 is 1.88 bits per heavy atom. The molecule has 1 nitrogen and oxygen atoms in total. The van der Waals surface area contributed by atoms with Gasteiger partial charge in [0.1, 0.15) is 0 Å². The third kappa shape index (κ3) is 2.53. The maximum Gasteiger partial charge on any atom is 0.310 e. The number of rotatable bonds is 2. The number of halogens is 2. The largest absolute Gasteiger partial charge is 0.310 e. The molecule has 0 aliphatic heterocycles. The number of nitrogens with zero attached hydrogens (tertiary/aromatic N) is 1. The minimum Gasteiger partial charge on any atom is -0.192 e. The van der Waals surface area contributed by atoms with Gasteiger partial charge >= 0.3 is 6.69 Å². The summed E-state index contributed by atoms with van der Waals surface area (Å²) < 4.78 is 0. The van der Waals surface area contributed by atoms with Crippen LogP contribution in [-0.4, -0.2) is 6.69 Å². The molecule has 0 saturated carbocycles. The quantitative estimate of drug-likeness (QED) is 0.612. The van der Waals surface area contributed by atoms with Crippen LogP contribution < -0.4 is 10.4 Å². The molecule has 84 valence electrons. The van der Waals surface area contributed by atoms with Crippen LogP contribution in [-0.2, 0) is 0 Å². The molecule has 0 atom stereocenters. The van der Waals surface area contributed by atoms with Gasteiger partial charge in [-0.3, -0.25) is 0 Å². The zero-order chi connectivity index (χ0) is 12.3. The second-order valence-electron chi connectivity index (χ2n) is 3.63. The van der Waals surface area contributed by atoms with Crippen molar-refractivity contribution in [2.45, 2.75) is 0 Å². The topological polar surface area (TPSA) is 23.8 Å².